The quantitative estimate of drug-likeness (QED) is 0.643. The smallest absolute Gasteiger partial charge is 0.246 e. The summed E-state index contributed by atoms with van der Waals surface area (Å²) >= 11 is 0. The standard InChI is InChI=1S/C22H27FN2O6S/c1-29-18-8-6-15(11-20(18)31-3)13-24-22(26)16-5-4-10-25(14-16)32(27,28)21-12-17(23)7-9-19(21)30-2/h6-9,11-12,16H,4-5,10,13-14H2,1-3H3,(H,24,26)/t16-/m1/s1. The average molecular weight is 467 g/mol. The van der Waals surface area contributed by atoms with E-state index in [0.717, 1.165) is 17.7 Å². The number of benzene rings is 2. The molecule has 0 saturated carbocycles. The molecule has 8 nitrogen and oxygen atoms in total. The molecule has 3 rings (SSSR count). The number of halogens is 1. The van der Waals surface area contributed by atoms with E-state index >= 15 is 0 Å². The van der Waals surface area contributed by atoms with Crippen LogP contribution >= 0.6 is 0 Å². The van der Waals surface area contributed by atoms with Crippen LogP contribution in [0.1, 0.15) is 18.4 Å². The van der Waals surface area contributed by atoms with E-state index < -0.39 is 21.8 Å². The SMILES string of the molecule is COc1ccc(CNC(=O)[C@@H]2CCCN(S(=O)(=O)c3cc(F)ccc3OC)C2)cc1OC. The topological polar surface area (TPSA) is 94.2 Å². The normalized spacial score (nSPS) is 16.9. The second-order valence-electron chi connectivity index (χ2n) is 7.40. The number of amides is 1. The van der Waals surface area contributed by atoms with E-state index in [4.69, 9.17) is 14.2 Å². The predicted octanol–water partition coefficient (Wildman–Crippen LogP) is 2.57. The zero-order chi connectivity index (χ0) is 23.3. The van der Waals surface area contributed by atoms with Crippen LogP contribution in [0.25, 0.3) is 0 Å². The lowest BCUT2D eigenvalue weighted by Crippen LogP contribution is -2.45. The molecular formula is C22H27FN2O6S. The fourth-order valence-electron chi connectivity index (χ4n) is 3.69. The number of piperidine rings is 1. The van der Waals surface area contributed by atoms with Gasteiger partial charge >= 0.3 is 0 Å². The number of hydrogen-bond donors (Lipinski definition) is 1. The first-order valence-electron chi connectivity index (χ1n) is 10.1. The summed E-state index contributed by atoms with van der Waals surface area (Å²) in [7, 11) is 0.382. The highest BCUT2D eigenvalue weighted by atomic mass is 32.2. The molecule has 32 heavy (non-hydrogen) atoms. The molecule has 1 atom stereocenters. The van der Waals surface area contributed by atoms with Crippen molar-refractivity contribution in [2.24, 2.45) is 5.92 Å². The molecule has 0 radical (unpaired) electrons. The Morgan fingerprint density at radius 1 is 1.06 bits per heavy atom. The lowest BCUT2D eigenvalue weighted by Gasteiger charge is -2.31. The number of hydrogen-bond acceptors (Lipinski definition) is 6. The van der Waals surface area contributed by atoms with Crippen LogP contribution < -0.4 is 19.5 Å². The largest absolute Gasteiger partial charge is 0.495 e. The summed E-state index contributed by atoms with van der Waals surface area (Å²) in [6.45, 7) is 0.529. The Labute approximate surface area is 187 Å². The first-order valence-corrected chi connectivity index (χ1v) is 11.6. The fourth-order valence-corrected chi connectivity index (χ4v) is 5.38. The average Bonchev–Trinajstić information content (AvgIpc) is 2.82. The molecule has 1 aliphatic rings. The number of carbonyl (C=O) groups is 1. The van der Waals surface area contributed by atoms with Crippen LogP contribution in [-0.2, 0) is 21.4 Å². The molecule has 0 aromatic heterocycles. The lowest BCUT2D eigenvalue weighted by molar-refractivity contribution is -0.126. The second-order valence-corrected chi connectivity index (χ2v) is 9.31. The van der Waals surface area contributed by atoms with Crippen molar-refractivity contribution in [3.63, 3.8) is 0 Å². The van der Waals surface area contributed by atoms with Gasteiger partial charge in [-0.2, -0.15) is 4.31 Å². The number of ether oxygens (including phenoxy) is 3. The maximum atomic E-state index is 13.7. The third kappa shape index (κ3) is 5.13. The first kappa shape index (κ1) is 23.8. The van der Waals surface area contributed by atoms with Gasteiger partial charge in [0, 0.05) is 19.6 Å². The van der Waals surface area contributed by atoms with Crippen molar-refractivity contribution in [2.75, 3.05) is 34.4 Å². The van der Waals surface area contributed by atoms with E-state index in [1.54, 1.807) is 19.2 Å². The summed E-state index contributed by atoms with van der Waals surface area (Å²) in [5.74, 6) is -0.233. The van der Waals surface area contributed by atoms with Gasteiger partial charge < -0.3 is 19.5 Å². The van der Waals surface area contributed by atoms with Crippen molar-refractivity contribution in [1.82, 2.24) is 9.62 Å². The van der Waals surface area contributed by atoms with Crippen LogP contribution in [-0.4, -0.2) is 53.0 Å². The Bertz CT molecular complexity index is 1080. The fraction of sp³-hybridized carbons (Fsp3) is 0.409. The third-order valence-corrected chi connectivity index (χ3v) is 7.30. The number of carbonyl (C=O) groups excluding carboxylic acids is 1. The van der Waals surface area contributed by atoms with E-state index in [9.17, 15) is 17.6 Å². The minimum Gasteiger partial charge on any atom is -0.495 e. The predicted molar refractivity (Wildman–Crippen MR) is 116 cm³/mol. The Morgan fingerprint density at radius 3 is 2.44 bits per heavy atom. The number of nitrogens with zero attached hydrogens (tertiary/aromatic N) is 1. The van der Waals surface area contributed by atoms with Crippen molar-refractivity contribution in [2.45, 2.75) is 24.3 Å². The zero-order valence-corrected chi connectivity index (χ0v) is 19.1. The minimum absolute atomic E-state index is 0.0137. The van der Waals surface area contributed by atoms with Crippen molar-refractivity contribution in [3.05, 3.63) is 47.8 Å². The number of methoxy groups -OCH3 is 3. The Kier molecular flexibility index (Phi) is 7.57. The molecule has 0 unspecified atom stereocenters. The molecular weight excluding hydrogens is 439 g/mol. The molecule has 10 heteroatoms. The Balaban J connectivity index is 1.69. The molecule has 2 aromatic carbocycles. The summed E-state index contributed by atoms with van der Waals surface area (Å²) < 4.78 is 56.8. The number of rotatable bonds is 8. The van der Waals surface area contributed by atoms with Crippen LogP contribution in [0, 0.1) is 11.7 Å². The molecule has 1 heterocycles. The molecule has 174 valence electrons. The third-order valence-electron chi connectivity index (χ3n) is 5.41. The molecule has 1 N–H and O–H groups in total. The zero-order valence-electron chi connectivity index (χ0n) is 18.3. The Hall–Kier alpha value is -2.85. The molecule has 0 bridgehead atoms. The van der Waals surface area contributed by atoms with Gasteiger partial charge in [0.2, 0.25) is 15.9 Å². The second kappa shape index (κ2) is 10.2. The van der Waals surface area contributed by atoms with Crippen molar-refractivity contribution in [3.8, 4) is 17.2 Å². The Morgan fingerprint density at radius 2 is 1.75 bits per heavy atom. The highest BCUT2D eigenvalue weighted by Gasteiger charge is 2.35. The van der Waals surface area contributed by atoms with E-state index in [1.165, 1.54) is 24.6 Å². The highest BCUT2D eigenvalue weighted by Crippen LogP contribution is 2.31. The summed E-state index contributed by atoms with van der Waals surface area (Å²) in [5, 5.41) is 2.86. The van der Waals surface area contributed by atoms with Gasteiger partial charge in [-0.3, -0.25) is 4.79 Å². The molecule has 1 amide bonds. The summed E-state index contributed by atoms with van der Waals surface area (Å²) in [6, 6.07) is 8.69. The van der Waals surface area contributed by atoms with Gasteiger partial charge in [-0.15, -0.1) is 0 Å². The van der Waals surface area contributed by atoms with E-state index in [0.29, 0.717) is 24.3 Å². The van der Waals surface area contributed by atoms with E-state index in [1.807, 2.05) is 6.07 Å². The summed E-state index contributed by atoms with van der Waals surface area (Å²) in [4.78, 5) is 12.5. The number of sulfonamides is 1. The molecule has 2 aromatic rings. The van der Waals surface area contributed by atoms with Crippen molar-refractivity contribution in [1.29, 1.82) is 0 Å². The highest BCUT2D eigenvalue weighted by molar-refractivity contribution is 7.89. The number of nitrogens with one attached hydrogen (secondary N) is 1. The minimum atomic E-state index is -4.02. The van der Waals surface area contributed by atoms with Crippen LogP contribution in [0.15, 0.2) is 41.3 Å². The van der Waals surface area contributed by atoms with Gasteiger partial charge in [-0.25, -0.2) is 12.8 Å². The first-order chi connectivity index (χ1) is 15.3. The summed E-state index contributed by atoms with van der Waals surface area (Å²) in [5.41, 5.74) is 0.820. The van der Waals surface area contributed by atoms with Crippen LogP contribution in [0.3, 0.4) is 0 Å². The molecule has 1 aliphatic heterocycles. The molecule has 0 aliphatic carbocycles. The van der Waals surface area contributed by atoms with Gasteiger partial charge in [-0.05, 0) is 48.7 Å². The van der Waals surface area contributed by atoms with E-state index in [2.05, 4.69) is 5.32 Å². The summed E-state index contributed by atoms with van der Waals surface area (Å²) in [6.07, 6.45) is 1.08. The maximum Gasteiger partial charge on any atom is 0.246 e. The lowest BCUT2D eigenvalue weighted by atomic mass is 9.98. The van der Waals surface area contributed by atoms with Gasteiger partial charge in [0.05, 0.1) is 27.2 Å². The van der Waals surface area contributed by atoms with Gasteiger partial charge in [0.25, 0.3) is 0 Å². The van der Waals surface area contributed by atoms with Crippen LogP contribution in [0.4, 0.5) is 4.39 Å². The maximum absolute atomic E-state index is 13.7. The van der Waals surface area contributed by atoms with E-state index in [-0.39, 0.29) is 36.2 Å². The molecule has 0 spiro atoms. The van der Waals surface area contributed by atoms with Gasteiger partial charge in [0.15, 0.2) is 11.5 Å². The van der Waals surface area contributed by atoms with Crippen molar-refractivity contribution >= 4 is 15.9 Å². The van der Waals surface area contributed by atoms with Crippen LogP contribution in [0.5, 0.6) is 17.2 Å². The van der Waals surface area contributed by atoms with Gasteiger partial charge in [-0.1, -0.05) is 6.07 Å². The van der Waals surface area contributed by atoms with Gasteiger partial charge in [0.1, 0.15) is 16.5 Å². The molecule has 1 fully saturated rings. The van der Waals surface area contributed by atoms with Crippen molar-refractivity contribution < 1.29 is 31.8 Å². The monoisotopic (exact) mass is 466 g/mol. The van der Waals surface area contributed by atoms with Crippen LogP contribution in [0.2, 0.25) is 0 Å². The molecule has 1 saturated heterocycles.